The van der Waals surface area contributed by atoms with Gasteiger partial charge in [-0.15, -0.1) is 22.7 Å². The molecular formula is C19H17N3O5S3. The summed E-state index contributed by atoms with van der Waals surface area (Å²) >= 11 is 2.44. The lowest BCUT2D eigenvalue weighted by atomic mass is 10.1. The fourth-order valence-electron chi connectivity index (χ4n) is 3.52. The summed E-state index contributed by atoms with van der Waals surface area (Å²) in [5, 5.41) is 6.76. The zero-order chi connectivity index (χ0) is 20.7. The molecule has 1 saturated heterocycles. The second-order valence-corrected chi connectivity index (χ2v) is 10.7. The van der Waals surface area contributed by atoms with E-state index in [-0.39, 0.29) is 16.9 Å². The van der Waals surface area contributed by atoms with Crippen molar-refractivity contribution in [1.82, 2.24) is 9.29 Å². The van der Waals surface area contributed by atoms with Gasteiger partial charge in [0, 0.05) is 17.5 Å². The summed E-state index contributed by atoms with van der Waals surface area (Å²) in [5.74, 6) is 0.987. The Balaban J connectivity index is 1.32. The highest BCUT2D eigenvalue weighted by atomic mass is 32.2. The molecule has 0 radical (unpaired) electrons. The molecule has 1 N–H and O–H groups in total. The lowest BCUT2D eigenvalue weighted by Crippen LogP contribution is -2.42. The van der Waals surface area contributed by atoms with Crippen LogP contribution in [0.3, 0.4) is 0 Å². The predicted molar refractivity (Wildman–Crippen MR) is 114 cm³/mol. The number of sulfonamides is 1. The fraction of sp³-hybridized carbons (Fsp3) is 0.263. The largest absolute Gasteiger partial charge is 0.454 e. The molecule has 0 saturated carbocycles. The predicted octanol–water partition coefficient (Wildman–Crippen LogP) is 3.39. The second-order valence-electron chi connectivity index (χ2n) is 6.80. The van der Waals surface area contributed by atoms with Crippen molar-refractivity contribution < 1.29 is 22.7 Å². The number of carbonyl (C=O) groups is 1. The summed E-state index contributed by atoms with van der Waals surface area (Å²) in [6, 6.07) is 8.05. The van der Waals surface area contributed by atoms with E-state index in [2.05, 4.69) is 10.3 Å². The van der Waals surface area contributed by atoms with Gasteiger partial charge >= 0.3 is 0 Å². The van der Waals surface area contributed by atoms with Gasteiger partial charge in [-0.05, 0) is 42.5 Å². The Bertz CT molecular complexity index is 1190. The van der Waals surface area contributed by atoms with Gasteiger partial charge in [0.1, 0.15) is 10.3 Å². The Morgan fingerprint density at radius 2 is 2.07 bits per heavy atom. The number of fused-ring (bicyclic) bond motifs is 1. The van der Waals surface area contributed by atoms with Crippen molar-refractivity contribution in [1.29, 1.82) is 0 Å². The molecule has 3 aromatic rings. The third-order valence-electron chi connectivity index (χ3n) is 4.97. The number of hydrogen-bond acceptors (Lipinski definition) is 8. The Labute approximate surface area is 181 Å². The maximum Gasteiger partial charge on any atom is 0.253 e. The van der Waals surface area contributed by atoms with Crippen molar-refractivity contribution in [3.8, 4) is 22.8 Å². The molecule has 1 unspecified atom stereocenters. The van der Waals surface area contributed by atoms with Crippen molar-refractivity contribution >= 4 is 43.7 Å². The molecule has 8 nitrogen and oxygen atoms in total. The van der Waals surface area contributed by atoms with Gasteiger partial charge in [0.25, 0.3) is 10.0 Å². The molecule has 1 amide bonds. The Hall–Kier alpha value is -2.47. The lowest BCUT2D eigenvalue weighted by Gasteiger charge is -2.22. The van der Waals surface area contributed by atoms with Crippen molar-refractivity contribution in [2.24, 2.45) is 0 Å². The molecule has 2 aliphatic heterocycles. The van der Waals surface area contributed by atoms with Crippen LogP contribution in [0.2, 0.25) is 0 Å². The third-order valence-corrected chi connectivity index (χ3v) is 9.01. The van der Waals surface area contributed by atoms with Crippen LogP contribution in [0.5, 0.6) is 11.5 Å². The third kappa shape index (κ3) is 3.47. The van der Waals surface area contributed by atoms with Crippen LogP contribution in [0.25, 0.3) is 11.3 Å². The molecule has 4 heterocycles. The van der Waals surface area contributed by atoms with Gasteiger partial charge in [-0.25, -0.2) is 13.4 Å². The van der Waals surface area contributed by atoms with Crippen LogP contribution >= 0.6 is 22.7 Å². The van der Waals surface area contributed by atoms with Crippen LogP contribution in [-0.2, 0) is 14.8 Å². The van der Waals surface area contributed by atoms with Crippen LogP contribution in [0, 0.1) is 0 Å². The van der Waals surface area contributed by atoms with Gasteiger partial charge < -0.3 is 14.8 Å². The maximum atomic E-state index is 12.9. The molecule has 1 fully saturated rings. The van der Waals surface area contributed by atoms with Crippen LogP contribution in [0.4, 0.5) is 5.13 Å². The fourth-order valence-corrected chi connectivity index (χ4v) is 7.02. The number of rotatable bonds is 5. The van der Waals surface area contributed by atoms with Crippen LogP contribution in [-0.4, -0.2) is 43.0 Å². The first kappa shape index (κ1) is 19.5. The average molecular weight is 464 g/mol. The topological polar surface area (TPSA) is 97.8 Å². The van der Waals surface area contributed by atoms with Gasteiger partial charge in [-0.1, -0.05) is 6.07 Å². The molecule has 11 heteroatoms. The zero-order valence-corrected chi connectivity index (χ0v) is 18.1. The number of amides is 1. The van der Waals surface area contributed by atoms with Crippen molar-refractivity contribution in [3.05, 3.63) is 41.1 Å². The van der Waals surface area contributed by atoms with Gasteiger partial charge in [0.2, 0.25) is 12.7 Å². The molecular weight excluding hydrogens is 446 g/mol. The monoisotopic (exact) mass is 463 g/mol. The number of hydrogen-bond donors (Lipinski definition) is 1. The smallest absolute Gasteiger partial charge is 0.253 e. The minimum atomic E-state index is -3.68. The lowest BCUT2D eigenvalue weighted by molar-refractivity contribution is -0.119. The Kier molecular flexibility index (Phi) is 4.97. The number of thiazole rings is 1. The van der Waals surface area contributed by atoms with E-state index >= 15 is 0 Å². The van der Waals surface area contributed by atoms with Crippen LogP contribution in [0.15, 0.2) is 45.3 Å². The highest BCUT2D eigenvalue weighted by molar-refractivity contribution is 7.91. The number of thiophene rings is 1. The van der Waals surface area contributed by atoms with Crippen molar-refractivity contribution in [2.75, 3.05) is 18.7 Å². The van der Waals surface area contributed by atoms with E-state index in [1.807, 2.05) is 23.6 Å². The maximum absolute atomic E-state index is 12.9. The van der Waals surface area contributed by atoms with Crippen LogP contribution < -0.4 is 14.8 Å². The molecule has 2 aromatic heterocycles. The number of anilines is 1. The molecule has 156 valence electrons. The quantitative estimate of drug-likeness (QED) is 0.623. The first-order valence-electron chi connectivity index (χ1n) is 9.24. The summed E-state index contributed by atoms with van der Waals surface area (Å²) in [6.45, 7) is 0.530. The summed E-state index contributed by atoms with van der Waals surface area (Å²) in [7, 11) is -3.68. The number of aromatic nitrogens is 1. The van der Waals surface area contributed by atoms with E-state index in [1.54, 1.807) is 17.5 Å². The first-order valence-corrected chi connectivity index (χ1v) is 12.4. The van der Waals surface area contributed by atoms with E-state index in [9.17, 15) is 13.2 Å². The van der Waals surface area contributed by atoms with Gasteiger partial charge in [-0.3, -0.25) is 4.79 Å². The highest BCUT2D eigenvalue weighted by Crippen LogP contribution is 2.37. The molecule has 1 atom stereocenters. The summed E-state index contributed by atoms with van der Waals surface area (Å²) < 4.78 is 38.0. The molecule has 5 rings (SSSR count). The molecule has 30 heavy (non-hydrogen) atoms. The molecule has 0 spiro atoms. The van der Waals surface area contributed by atoms with Gasteiger partial charge in [0.05, 0.1) is 5.69 Å². The molecule has 2 aliphatic rings. The van der Waals surface area contributed by atoms with E-state index in [0.717, 1.165) is 16.9 Å². The van der Waals surface area contributed by atoms with E-state index in [1.165, 1.54) is 15.6 Å². The molecule has 0 bridgehead atoms. The van der Waals surface area contributed by atoms with Crippen LogP contribution in [0.1, 0.15) is 12.8 Å². The highest BCUT2D eigenvalue weighted by Gasteiger charge is 2.40. The minimum absolute atomic E-state index is 0.198. The zero-order valence-electron chi connectivity index (χ0n) is 15.6. The average Bonchev–Trinajstić information content (AvgIpc) is 3.54. The first-order chi connectivity index (χ1) is 14.5. The number of benzene rings is 1. The summed E-state index contributed by atoms with van der Waals surface area (Å²) in [5.41, 5.74) is 1.54. The summed E-state index contributed by atoms with van der Waals surface area (Å²) in [6.07, 6.45) is 1.12. The number of nitrogens with zero attached hydrogens (tertiary/aromatic N) is 2. The standard InChI is InChI=1S/C19H17N3O5S3/c23-18(14-3-1-7-22(14)30(24,25)17-4-2-8-28-17)21-19-20-13(10-29-19)12-5-6-15-16(9-12)27-11-26-15/h2,4-6,8-10,14H,1,3,7,11H2,(H,20,21,23). The Morgan fingerprint density at radius 1 is 1.20 bits per heavy atom. The van der Waals surface area contributed by atoms with Gasteiger partial charge in [0.15, 0.2) is 16.6 Å². The molecule has 0 aliphatic carbocycles. The minimum Gasteiger partial charge on any atom is -0.454 e. The Morgan fingerprint density at radius 3 is 2.90 bits per heavy atom. The van der Waals surface area contributed by atoms with E-state index in [4.69, 9.17) is 9.47 Å². The number of carbonyl (C=O) groups excluding carboxylic acids is 1. The van der Waals surface area contributed by atoms with E-state index < -0.39 is 16.1 Å². The number of nitrogens with one attached hydrogen (secondary N) is 1. The van der Waals surface area contributed by atoms with Crippen molar-refractivity contribution in [2.45, 2.75) is 23.1 Å². The summed E-state index contributed by atoms with van der Waals surface area (Å²) in [4.78, 5) is 17.3. The second kappa shape index (κ2) is 7.65. The van der Waals surface area contributed by atoms with E-state index in [0.29, 0.717) is 41.7 Å². The number of ether oxygens (including phenoxy) is 2. The normalized spacial score (nSPS) is 18.6. The van der Waals surface area contributed by atoms with Crippen molar-refractivity contribution in [3.63, 3.8) is 0 Å². The SMILES string of the molecule is O=C(Nc1nc(-c2ccc3c(c2)OCO3)cs1)C1CCCN1S(=O)(=O)c1cccs1. The van der Waals surface area contributed by atoms with Gasteiger partial charge in [-0.2, -0.15) is 4.31 Å². The molecule has 1 aromatic carbocycles.